The number of ether oxygens (including phenoxy) is 2. The summed E-state index contributed by atoms with van der Waals surface area (Å²) in [5.41, 5.74) is 0.768. The number of hydrogen-bond acceptors (Lipinski definition) is 7. The van der Waals surface area contributed by atoms with Crippen LogP contribution in [0, 0.1) is 0 Å². The molecular weight excluding hydrogens is 456 g/mol. The van der Waals surface area contributed by atoms with E-state index in [1.54, 1.807) is 24.3 Å². The Kier molecular flexibility index (Phi) is 6.74. The van der Waals surface area contributed by atoms with Gasteiger partial charge >= 0.3 is 5.97 Å². The van der Waals surface area contributed by atoms with Crippen LogP contribution in [-0.2, 0) is 9.53 Å². The smallest absolute Gasteiger partial charge is 0.338 e. The fraction of sp³-hybridized carbons (Fsp3) is 0.200. The number of rotatable bonds is 8. The third kappa shape index (κ3) is 4.69. The van der Waals surface area contributed by atoms with Gasteiger partial charge in [-0.3, -0.25) is 14.4 Å². The van der Waals surface area contributed by atoms with E-state index in [-0.39, 0.29) is 22.7 Å². The first kappa shape index (κ1) is 23.2. The van der Waals surface area contributed by atoms with Gasteiger partial charge in [-0.1, -0.05) is 6.07 Å². The molecule has 0 spiro atoms. The maximum atomic E-state index is 13.0. The number of imide groups is 1. The molecule has 0 saturated carbocycles. The van der Waals surface area contributed by atoms with Crippen LogP contribution in [0.15, 0.2) is 60.0 Å². The third-order valence-corrected chi connectivity index (χ3v) is 6.27. The number of carbonyl (C=O) groups is 4. The summed E-state index contributed by atoms with van der Waals surface area (Å²) in [5.74, 6) is -1.60. The molecule has 0 radical (unpaired) electrons. The summed E-state index contributed by atoms with van der Waals surface area (Å²) in [7, 11) is 0. The van der Waals surface area contributed by atoms with E-state index in [4.69, 9.17) is 9.47 Å². The van der Waals surface area contributed by atoms with Gasteiger partial charge in [0.1, 0.15) is 5.75 Å². The van der Waals surface area contributed by atoms with E-state index < -0.39 is 30.3 Å². The summed E-state index contributed by atoms with van der Waals surface area (Å²) in [6, 6.07) is 14.3. The average Bonchev–Trinajstić information content (AvgIpc) is 3.46. The second-order valence-corrected chi connectivity index (χ2v) is 8.49. The van der Waals surface area contributed by atoms with Gasteiger partial charge in [0.05, 0.1) is 35.0 Å². The molecule has 9 heteroatoms. The zero-order chi connectivity index (χ0) is 24.2. The number of nitrogens with one attached hydrogen (secondary N) is 1. The lowest BCUT2D eigenvalue weighted by Gasteiger charge is -2.14. The van der Waals surface area contributed by atoms with Gasteiger partial charge in [0.15, 0.2) is 6.61 Å². The van der Waals surface area contributed by atoms with Gasteiger partial charge in [0.25, 0.3) is 17.7 Å². The Morgan fingerprint density at radius 2 is 1.76 bits per heavy atom. The van der Waals surface area contributed by atoms with E-state index in [9.17, 15) is 19.2 Å². The first-order valence-corrected chi connectivity index (χ1v) is 11.5. The van der Waals surface area contributed by atoms with Crippen molar-refractivity contribution in [1.82, 2.24) is 5.32 Å². The van der Waals surface area contributed by atoms with E-state index >= 15 is 0 Å². The predicted molar refractivity (Wildman–Crippen MR) is 126 cm³/mol. The highest BCUT2D eigenvalue weighted by Crippen LogP contribution is 2.30. The largest absolute Gasteiger partial charge is 0.494 e. The molecule has 1 atom stereocenters. The molecule has 1 unspecified atom stereocenters. The van der Waals surface area contributed by atoms with E-state index in [0.29, 0.717) is 18.0 Å². The number of benzene rings is 2. The van der Waals surface area contributed by atoms with Crippen LogP contribution in [0.3, 0.4) is 0 Å². The Morgan fingerprint density at radius 3 is 2.44 bits per heavy atom. The van der Waals surface area contributed by atoms with Gasteiger partial charge in [-0.2, -0.15) is 0 Å². The number of fused-ring (bicyclic) bond motifs is 1. The molecule has 1 aliphatic rings. The average molecular weight is 479 g/mol. The zero-order valence-electron chi connectivity index (χ0n) is 18.6. The summed E-state index contributed by atoms with van der Waals surface area (Å²) in [6.07, 6.45) is 0. The minimum Gasteiger partial charge on any atom is -0.494 e. The van der Waals surface area contributed by atoms with Crippen molar-refractivity contribution >= 4 is 40.7 Å². The van der Waals surface area contributed by atoms with E-state index in [1.165, 1.54) is 29.5 Å². The van der Waals surface area contributed by atoms with Gasteiger partial charge in [-0.25, -0.2) is 9.69 Å². The van der Waals surface area contributed by atoms with Gasteiger partial charge in [0, 0.05) is 4.88 Å². The topological polar surface area (TPSA) is 102 Å². The van der Waals surface area contributed by atoms with E-state index in [0.717, 1.165) is 9.78 Å². The highest BCUT2D eigenvalue weighted by Gasteiger charge is 2.37. The van der Waals surface area contributed by atoms with Crippen molar-refractivity contribution in [3.8, 4) is 5.75 Å². The van der Waals surface area contributed by atoms with Gasteiger partial charge in [0.2, 0.25) is 0 Å². The normalized spacial score (nSPS) is 13.4. The predicted octanol–water partition coefficient (Wildman–Crippen LogP) is 3.98. The van der Waals surface area contributed by atoms with Crippen molar-refractivity contribution in [3.63, 3.8) is 0 Å². The number of hydrogen-bond donors (Lipinski definition) is 1. The van der Waals surface area contributed by atoms with Crippen molar-refractivity contribution < 1.29 is 28.7 Å². The van der Waals surface area contributed by atoms with Crippen molar-refractivity contribution in [1.29, 1.82) is 0 Å². The first-order chi connectivity index (χ1) is 16.4. The zero-order valence-corrected chi connectivity index (χ0v) is 19.4. The van der Waals surface area contributed by atoms with Crippen molar-refractivity contribution in [3.05, 3.63) is 81.5 Å². The number of nitrogens with zero attached hydrogens (tertiary/aromatic N) is 1. The molecule has 0 fully saturated rings. The lowest BCUT2D eigenvalue weighted by Crippen LogP contribution is -2.30. The van der Waals surface area contributed by atoms with Crippen LogP contribution in [0.1, 0.15) is 55.8 Å². The molecule has 0 aliphatic carbocycles. The van der Waals surface area contributed by atoms with Crippen molar-refractivity contribution in [2.45, 2.75) is 19.9 Å². The van der Waals surface area contributed by atoms with Crippen LogP contribution < -0.4 is 15.0 Å². The number of carbonyl (C=O) groups excluding carboxylic acids is 4. The first-order valence-electron chi connectivity index (χ1n) is 10.6. The molecule has 2 heterocycles. The molecule has 1 aliphatic heterocycles. The number of esters is 1. The molecule has 2 aromatic carbocycles. The molecule has 4 rings (SSSR count). The molecule has 1 aromatic heterocycles. The summed E-state index contributed by atoms with van der Waals surface area (Å²) >= 11 is 1.52. The van der Waals surface area contributed by atoms with Crippen LogP contribution in [-0.4, -0.2) is 36.9 Å². The van der Waals surface area contributed by atoms with Crippen LogP contribution in [0.25, 0.3) is 0 Å². The van der Waals surface area contributed by atoms with Gasteiger partial charge in [-0.15, -0.1) is 11.3 Å². The lowest BCUT2D eigenvalue weighted by molar-refractivity contribution is -0.124. The molecular formula is C25H22N2O6S. The summed E-state index contributed by atoms with van der Waals surface area (Å²) in [5, 5.41) is 4.67. The Hall–Kier alpha value is -3.98. The Bertz CT molecular complexity index is 1240. The van der Waals surface area contributed by atoms with Crippen LogP contribution in [0.2, 0.25) is 0 Å². The van der Waals surface area contributed by atoms with E-state index in [1.807, 2.05) is 31.4 Å². The molecule has 174 valence electrons. The quantitative estimate of drug-likeness (QED) is 0.388. The van der Waals surface area contributed by atoms with E-state index in [2.05, 4.69) is 5.32 Å². The summed E-state index contributed by atoms with van der Waals surface area (Å²) in [6.45, 7) is 3.74. The van der Waals surface area contributed by atoms with Gasteiger partial charge in [-0.05, 0) is 67.8 Å². The van der Waals surface area contributed by atoms with Gasteiger partial charge < -0.3 is 14.8 Å². The molecule has 0 saturated heterocycles. The summed E-state index contributed by atoms with van der Waals surface area (Å²) in [4.78, 5) is 52.4. The van der Waals surface area contributed by atoms with Crippen molar-refractivity contribution in [2.75, 3.05) is 18.1 Å². The Labute approximate surface area is 200 Å². The number of amides is 3. The minimum atomic E-state index is -0.763. The number of thiophene rings is 1. The molecule has 3 amide bonds. The van der Waals surface area contributed by atoms with Crippen LogP contribution >= 0.6 is 11.3 Å². The van der Waals surface area contributed by atoms with Crippen LogP contribution in [0.4, 0.5) is 5.69 Å². The third-order valence-electron chi connectivity index (χ3n) is 5.21. The molecule has 1 N–H and O–H groups in total. The summed E-state index contributed by atoms with van der Waals surface area (Å²) < 4.78 is 10.5. The highest BCUT2D eigenvalue weighted by molar-refractivity contribution is 7.10. The fourth-order valence-electron chi connectivity index (χ4n) is 3.57. The second-order valence-electron chi connectivity index (χ2n) is 7.51. The fourth-order valence-corrected chi connectivity index (χ4v) is 4.30. The Morgan fingerprint density at radius 1 is 1.03 bits per heavy atom. The lowest BCUT2D eigenvalue weighted by atomic mass is 10.1. The minimum absolute atomic E-state index is 0.0764. The standard InChI is InChI=1S/C25H22N2O6S/c1-3-32-18-9-7-17(8-10-18)27-23(29)19-11-6-16(13-20(19)24(27)30)25(31)33-14-22(28)26-15(2)21-5-4-12-34-21/h4-13,15H,3,14H2,1-2H3,(H,26,28). The maximum absolute atomic E-state index is 13.0. The maximum Gasteiger partial charge on any atom is 0.338 e. The Balaban J connectivity index is 1.42. The number of anilines is 1. The highest BCUT2D eigenvalue weighted by atomic mass is 32.1. The molecule has 34 heavy (non-hydrogen) atoms. The SMILES string of the molecule is CCOc1ccc(N2C(=O)c3ccc(C(=O)OCC(=O)NC(C)c4cccs4)cc3C2=O)cc1. The molecule has 8 nitrogen and oxygen atoms in total. The van der Waals surface area contributed by atoms with Crippen LogP contribution in [0.5, 0.6) is 5.75 Å². The monoisotopic (exact) mass is 478 g/mol. The molecule has 0 bridgehead atoms. The van der Waals surface area contributed by atoms with Crippen molar-refractivity contribution in [2.24, 2.45) is 0 Å². The molecule has 3 aromatic rings. The second kappa shape index (κ2) is 9.88.